The van der Waals surface area contributed by atoms with Crippen molar-refractivity contribution in [3.63, 3.8) is 0 Å². The minimum atomic E-state index is -0.315. The summed E-state index contributed by atoms with van der Waals surface area (Å²) in [7, 11) is 0. The van der Waals surface area contributed by atoms with Gasteiger partial charge in [0.2, 0.25) is 0 Å². The molecule has 0 unspecified atom stereocenters. The van der Waals surface area contributed by atoms with E-state index in [0.29, 0.717) is 48.9 Å². The number of halogens is 1. The van der Waals surface area contributed by atoms with Gasteiger partial charge in [0, 0.05) is 37.0 Å². The first-order chi connectivity index (χ1) is 15.0. The molecule has 10 heteroatoms. The molecule has 1 aromatic carbocycles. The highest BCUT2D eigenvalue weighted by atomic mass is 19.1. The second-order valence-corrected chi connectivity index (χ2v) is 6.99. The molecule has 0 saturated carbocycles. The molecule has 9 nitrogen and oxygen atoms in total. The number of pyridine rings is 1. The van der Waals surface area contributed by atoms with Crippen LogP contribution in [0.25, 0.3) is 0 Å². The molecule has 1 aliphatic rings. The smallest absolute Gasteiger partial charge is 0.182 e. The maximum Gasteiger partial charge on any atom is 0.182 e. The highest BCUT2D eigenvalue weighted by Crippen LogP contribution is 2.29. The van der Waals surface area contributed by atoms with E-state index in [0.717, 1.165) is 0 Å². The molecule has 0 spiro atoms. The third-order valence-electron chi connectivity index (χ3n) is 4.97. The van der Waals surface area contributed by atoms with Crippen LogP contribution in [-0.2, 0) is 11.3 Å². The van der Waals surface area contributed by atoms with Gasteiger partial charge in [-0.05, 0) is 18.2 Å². The van der Waals surface area contributed by atoms with Crippen molar-refractivity contribution in [1.29, 1.82) is 5.41 Å². The lowest BCUT2D eigenvalue weighted by Crippen LogP contribution is -2.37. The van der Waals surface area contributed by atoms with Gasteiger partial charge in [0.1, 0.15) is 23.0 Å². The zero-order chi connectivity index (χ0) is 21.8. The number of benzene rings is 1. The fourth-order valence-electron chi connectivity index (χ4n) is 3.40. The summed E-state index contributed by atoms with van der Waals surface area (Å²) in [6, 6.07) is 9.89. The second-order valence-electron chi connectivity index (χ2n) is 6.99. The first-order valence-corrected chi connectivity index (χ1v) is 9.82. The molecule has 3 heterocycles. The predicted molar refractivity (Wildman–Crippen MR) is 118 cm³/mol. The Kier molecular flexibility index (Phi) is 5.89. The Morgan fingerprint density at radius 1 is 1.10 bits per heavy atom. The van der Waals surface area contributed by atoms with E-state index in [4.69, 9.17) is 21.6 Å². The normalized spacial score (nSPS) is 13.8. The lowest BCUT2D eigenvalue weighted by molar-refractivity contribution is 0.123. The number of aromatic nitrogens is 3. The standard InChI is InChI=1S/C21H23FN8O/c22-15-6-2-1-4-13(15)12-27-20-14(5-3-7-26-20)16(23)21-28-18(24)17(19(25)29-21)30-8-10-31-11-9-30/h1-7,23H,8-12H2,(H,26,27)(H4,24,25,28,29). The van der Waals surface area contributed by atoms with Crippen molar-refractivity contribution in [3.8, 4) is 0 Å². The number of nitrogen functional groups attached to an aromatic ring is 2. The lowest BCUT2D eigenvalue weighted by atomic mass is 10.1. The number of hydrogen-bond donors (Lipinski definition) is 4. The summed E-state index contributed by atoms with van der Waals surface area (Å²) in [5.41, 5.74) is 13.9. The average molecular weight is 422 g/mol. The number of morpholine rings is 1. The van der Waals surface area contributed by atoms with E-state index in [9.17, 15) is 4.39 Å². The Morgan fingerprint density at radius 2 is 1.81 bits per heavy atom. The molecule has 0 amide bonds. The minimum Gasteiger partial charge on any atom is -0.382 e. The fourth-order valence-corrected chi connectivity index (χ4v) is 3.40. The summed E-state index contributed by atoms with van der Waals surface area (Å²) >= 11 is 0. The highest BCUT2D eigenvalue weighted by molar-refractivity contribution is 6.12. The van der Waals surface area contributed by atoms with Crippen molar-refractivity contribution in [3.05, 3.63) is 65.4 Å². The fraction of sp³-hybridized carbons (Fsp3) is 0.238. The van der Waals surface area contributed by atoms with Crippen LogP contribution in [-0.4, -0.2) is 47.0 Å². The monoisotopic (exact) mass is 422 g/mol. The van der Waals surface area contributed by atoms with Crippen molar-refractivity contribution in [1.82, 2.24) is 15.0 Å². The first kappa shape index (κ1) is 20.5. The molecular formula is C21H23FN8O. The van der Waals surface area contributed by atoms with Crippen LogP contribution in [0.2, 0.25) is 0 Å². The molecule has 31 heavy (non-hydrogen) atoms. The third kappa shape index (κ3) is 4.38. The number of anilines is 4. The van der Waals surface area contributed by atoms with Gasteiger partial charge in [-0.25, -0.2) is 19.3 Å². The molecule has 2 aromatic heterocycles. The summed E-state index contributed by atoms with van der Waals surface area (Å²) in [5, 5.41) is 11.7. The molecular weight excluding hydrogens is 399 g/mol. The molecule has 4 rings (SSSR count). The van der Waals surface area contributed by atoms with Crippen LogP contribution in [0.3, 0.4) is 0 Å². The Morgan fingerprint density at radius 3 is 2.52 bits per heavy atom. The van der Waals surface area contributed by atoms with E-state index >= 15 is 0 Å². The minimum absolute atomic E-state index is 0.0102. The maximum atomic E-state index is 13.9. The molecule has 0 bridgehead atoms. The molecule has 0 aliphatic carbocycles. The molecule has 160 valence electrons. The van der Waals surface area contributed by atoms with E-state index < -0.39 is 0 Å². The molecule has 0 atom stereocenters. The Balaban J connectivity index is 1.59. The molecule has 1 fully saturated rings. The van der Waals surface area contributed by atoms with Crippen LogP contribution >= 0.6 is 0 Å². The number of ether oxygens (including phenoxy) is 1. The summed E-state index contributed by atoms with van der Waals surface area (Å²) in [4.78, 5) is 14.9. The molecule has 0 radical (unpaired) electrons. The number of rotatable bonds is 6. The van der Waals surface area contributed by atoms with Crippen molar-refractivity contribution >= 4 is 28.9 Å². The van der Waals surface area contributed by atoms with E-state index in [2.05, 4.69) is 20.3 Å². The van der Waals surface area contributed by atoms with Gasteiger partial charge in [-0.15, -0.1) is 0 Å². The number of nitrogens with one attached hydrogen (secondary N) is 2. The highest BCUT2D eigenvalue weighted by Gasteiger charge is 2.22. The van der Waals surface area contributed by atoms with E-state index in [1.807, 2.05) is 4.90 Å². The van der Waals surface area contributed by atoms with Crippen LogP contribution in [0.15, 0.2) is 42.6 Å². The van der Waals surface area contributed by atoms with Gasteiger partial charge in [0.15, 0.2) is 17.5 Å². The lowest BCUT2D eigenvalue weighted by Gasteiger charge is -2.30. The molecule has 6 N–H and O–H groups in total. The van der Waals surface area contributed by atoms with Gasteiger partial charge in [0.25, 0.3) is 0 Å². The van der Waals surface area contributed by atoms with Gasteiger partial charge >= 0.3 is 0 Å². The van der Waals surface area contributed by atoms with Gasteiger partial charge in [-0.2, -0.15) is 0 Å². The molecule has 1 aliphatic heterocycles. The van der Waals surface area contributed by atoms with Gasteiger partial charge in [-0.1, -0.05) is 18.2 Å². The zero-order valence-electron chi connectivity index (χ0n) is 16.8. The Hall–Kier alpha value is -3.79. The summed E-state index contributed by atoms with van der Waals surface area (Å²) < 4.78 is 19.3. The number of nitrogens with two attached hydrogens (primary N) is 2. The van der Waals surface area contributed by atoms with Crippen molar-refractivity contribution in [2.24, 2.45) is 0 Å². The quantitative estimate of drug-likeness (QED) is 0.443. The van der Waals surface area contributed by atoms with E-state index in [-0.39, 0.29) is 35.5 Å². The maximum absolute atomic E-state index is 13.9. The molecule has 3 aromatic rings. The Bertz CT molecular complexity index is 1080. The zero-order valence-corrected chi connectivity index (χ0v) is 16.8. The van der Waals surface area contributed by atoms with E-state index in [1.165, 1.54) is 6.07 Å². The SMILES string of the molecule is N=C(c1nc(N)c(N2CCOCC2)c(N)n1)c1cccnc1NCc1ccccc1F. The van der Waals surface area contributed by atoms with E-state index in [1.54, 1.807) is 36.5 Å². The first-order valence-electron chi connectivity index (χ1n) is 9.82. The van der Waals surface area contributed by atoms with Gasteiger partial charge < -0.3 is 26.4 Å². The summed E-state index contributed by atoms with van der Waals surface area (Å²) in [5.74, 6) is 0.602. The van der Waals surface area contributed by atoms with Crippen LogP contribution in [0, 0.1) is 11.2 Å². The van der Waals surface area contributed by atoms with Crippen LogP contribution in [0.5, 0.6) is 0 Å². The number of hydrogen-bond acceptors (Lipinski definition) is 9. The van der Waals surface area contributed by atoms with Crippen molar-refractivity contribution in [2.45, 2.75) is 6.54 Å². The van der Waals surface area contributed by atoms with Crippen LogP contribution in [0.4, 0.5) is 27.5 Å². The van der Waals surface area contributed by atoms with Gasteiger partial charge in [0.05, 0.1) is 13.2 Å². The summed E-state index contributed by atoms with van der Waals surface area (Å²) in [6.45, 7) is 2.64. The predicted octanol–water partition coefficient (Wildman–Crippen LogP) is 2.04. The number of nitrogens with zero attached hydrogens (tertiary/aromatic N) is 4. The second kappa shape index (κ2) is 8.92. The third-order valence-corrected chi connectivity index (χ3v) is 4.97. The van der Waals surface area contributed by atoms with Gasteiger partial charge in [-0.3, -0.25) is 5.41 Å². The topological polar surface area (TPSA) is 139 Å². The largest absolute Gasteiger partial charge is 0.382 e. The Labute approximate surface area is 178 Å². The summed E-state index contributed by atoms with van der Waals surface area (Å²) in [6.07, 6.45) is 1.59. The van der Waals surface area contributed by atoms with Crippen LogP contribution in [0.1, 0.15) is 17.0 Å². The van der Waals surface area contributed by atoms with Crippen LogP contribution < -0.4 is 21.7 Å². The van der Waals surface area contributed by atoms with Crippen molar-refractivity contribution < 1.29 is 9.13 Å². The molecule has 1 saturated heterocycles. The van der Waals surface area contributed by atoms with Crippen molar-refractivity contribution in [2.75, 3.05) is 48.0 Å². The average Bonchev–Trinajstić information content (AvgIpc) is 2.78.